The molecule has 1 aliphatic carbocycles. The fourth-order valence-corrected chi connectivity index (χ4v) is 5.01. The van der Waals surface area contributed by atoms with Gasteiger partial charge in [-0.15, -0.1) is 0 Å². The van der Waals surface area contributed by atoms with Gasteiger partial charge in [0.2, 0.25) is 0 Å². The van der Waals surface area contributed by atoms with Crippen LogP contribution in [0, 0.1) is 5.92 Å². The summed E-state index contributed by atoms with van der Waals surface area (Å²) >= 11 is 0. The molecule has 1 aromatic heterocycles. The van der Waals surface area contributed by atoms with Crippen LogP contribution >= 0.6 is 0 Å². The van der Waals surface area contributed by atoms with Gasteiger partial charge in [0.15, 0.2) is 0 Å². The second-order valence-electron chi connectivity index (χ2n) is 9.38. The quantitative estimate of drug-likeness (QED) is 0.521. The smallest absolute Gasteiger partial charge is 0.307 e. The number of nitrogens with zero attached hydrogens (tertiary/aromatic N) is 2. The molecule has 5 heteroatoms. The van der Waals surface area contributed by atoms with Crippen molar-refractivity contribution in [3.8, 4) is 5.75 Å². The Morgan fingerprint density at radius 2 is 1.84 bits per heavy atom. The molecule has 0 bridgehead atoms. The molecule has 168 valence electrons. The molecule has 1 N–H and O–H groups in total. The Morgan fingerprint density at radius 3 is 2.62 bits per heavy atom. The second kappa shape index (κ2) is 9.37. The van der Waals surface area contributed by atoms with E-state index in [1.54, 1.807) is 0 Å². The predicted molar refractivity (Wildman–Crippen MR) is 126 cm³/mol. The third-order valence-corrected chi connectivity index (χ3v) is 6.93. The summed E-state index contributed by atoms with van der Waals surface area (Å²) in [5, 5.41) is 10.4. The molecule has 2 fully saturated rings. The molecule has 32 heavy (non-hydrogen) atoms. The molecule has 3 aromatic rings. The Balaban J connectivity index is 1.14. The number of carboxylic acid groups (broad SMARTS) is 1. The summed E-state index contributed by atoms with van der Waals surface area (Å²) in [6.45, 7) is 4.88. The molecule has 5 nitrogen and oxygen atoms in total. The van der Waals surface area contributed by atoms with E-state index in [9.17, 15) is 4.79 Å². The van der Waals surface area contributed by atoms with Gasteiger partial charge in [0.1, 0.15) is 12.4 Å². The van der Waals surface area contributed by atoms with Crippen LogP contribution in [0.2, 0.25) is 0 Å². The molecule has 0 amide bonds. The minimum Gasteiger partial charge on any atom is -0.492 e. The van der Waals surface area contributed by atoms with E-state index in [1.807, 2.05) is 24.3 Å². The van der Waals surface area contributed by atoms with Crippen molar-refractivity contribution >= 4 is 16.9 Å². The van der Waals surface area contributed by atoms with Gasteiger partial charge in [0.05, 0.1) is 6.42 Å². The number of rotatable bonds is 9. The Morgan fingerprint density at radius 1 is 1.03 bits per heavy atom. The van der Waals surface area contributed by atoms with Crippen molar-refractivity contribution in [2.24, 2.45) is 5.92 Å². The first-order chi connectivity index (χ1) is 15.7. The van der Waals surface area contributed by atoms with Crippen LogP contribution in [-0.4, -0.2) is 46.8 Å². The van der Waals surface area contributed by atoms with Crippen LogP contribution in [-0.2, 0) is 17.8 Å². The van der Waals surface area contributed by atoms with E-state index >= 15 is 0 Å². The third-order valence-electron chi connectivity index (χ3n) is 6.93. The van der Waals surface area contributed by atoms with Crippen LogP contribution in [0.25, 0.3) is 10.9 Å². The standard InChI is InChI=1S/C27H32N2O3/c30-27(31)17-21-4-3-5-23(16-21)32-15-14-28-12-10-22(11-13-28)25-19-29(18-20-8-9-20)26-7-2-1-6-24(25)26/h1-7,16,19-20,22H,8-15,17-18H2,(H,30,31). The fourth-order valence-electron chi connectivity index (χ4n) is 5.01. The van der Waals surface area contributed by atoms with Crippen molar-refractivity contribution in [3.63, 3.8) is 0 Å². The number of aliphatic carboxylic acids is 1. The van der Waals surface area contributed by atoms with Gasteiger partial charge in [-0.2, -0.15) is 0 Å². The van der Waals surface area contributed by atoms with Gasteiger partial charge in [-0.1, -0.05) is 30.3 Å². The van der Waals surface area contributed by atoms with Crippen molar-refractivity contribution in [2.75, 3.05) is 26.2 Å². The van der Waals surface area contributed by atoms with Crippen molar-refractivity contribution in [1.82, 2.24) is 9.47 Å². The van der Waals surface area contributed by atoms with E-state index in [2.05, 4.69) is 39.9 Å². The van der Waals surface area contributed by atoms with Gasteiger partial charge in [0, 0.05) is 30.2 Å². The molecule has 1 saturated heterocycles. The molecule has 2 heterocycles. The molecular formula is C27H32N2O3. The Hall–Kier alpha value is -2.79. The van der Waals surface area contributed by atoms with Gasteiger partial charge < -0.3 is 14.4 Å². The molecule has 1 aliphatic heterocycles. The normalized spacial score (nSPS) is 17.6. The number of para-hydroxylation sites is 1. The average molecular weight is 433 g/mol. The van der Waals surface area contributed by atoms with Crippen LogP contribution in [0.3, 0.4) is 0 Å². The maximum Gasteiger partial charge on any atom is 0.307 e. The van der Waals surface area contributed by atoms with E-state index in [0.29, 0.717) is 12.5 Å². The highest BCUT2D eigenvalue weighted by Crippen LogP contribution is 2.37. The first-order valence-electron chi connectivity index (χ1n) is 11.9. The molecule has 0 atom stereocenters. The van der Waals surface area contributed by atoms with E-state index in [1.165, 1.54) is 48.7 Å². The third kappa shape index (κ3) is 4.99. The van der Waals surface area contributed by atoms with E-state index < -0.39 is 5.97 Å². The number of hydrogen-bond acceptors (Lipinski definition) is 3. The number of carbonyl (C=O) groups is 1. The Kier molecular flexibility index (Phi) is 6.17. The number of hydrogen-bond donors (Lipinski definition) is 1. The topological polar surface area (TPSA) is 54.7 Å². The van der Waals surface area contributed by atoms with Crippen LogP contribution in [0.15, 0.2) is 54.7 Å². The van der Waals surface area contributed by atoms with E-state index in [-0.39, 0.29) is 6.42 Å². The van der Waals surface area contributed by atoms with E-state index in [4.69, 9.17) is 9.84 Å². The highest BCUT2D eigenvalue weighted by molar-refractivity contribution is 5.84. The number of likely N-dealkylation sites (tertiary alicyclic amines) is 1. The first kappa shape index (κ1) is 21.1. The number of ether oxygens (including phenoxy) is 1. The summed E-state index contributed by atoms with van der Waals surface area (Å²) in [5.41, 5.74) is 3.71. The summed E-state index contributed by atoms with van der Waals surface area (Å²) in [4.78, 5) is 13.4. The number of benzene rings is 2. The van der Waals surface area contributed by atoms with E-state index in [0.717, 1.165) is 36.9 Å². The lowest BCUT2D eigenvalue weighted by Gasteiger charge is -2.31. The van der Waals surface area contributed by atoms with Crippen molar-refractivity contribution < 1.29 is 14.6 Å². The minimum atomic E-state index is -0.819. The van der Waals surface area contributed by atoms with Gasteiger partial charge in [-0.25, -0.2) is 0 Å². The summed E-state index contributed by atoms with van der Waals surface area (Å²) in [6.07, 6.45) is 7.60. The second-order valence-corrected chi connectivity index (χ2v) is 9.38. The van der Waals surface area contributed by atoms with Crippen LogP contribution < -0.4 is 4.74 Å². The summed E-state index contributed by atoms with van der Waals surface area (Å²) in [6, 6.07) is 16.3. The highest BCUT2D eigenvalue weighted by atomic mass is 16.5. The van der Waals surface area contributed by atoms with Gasteiger partial charge in [0.25, 0.3) is 0 Å². The average Bonchev–Trinajstić information content (AvgIpc) is 3.54. The Bertz CT molecular complexity index is 1080. The molecular weight excluding hydrogens is 400 g/mol. The summed E-state index contributed by atoms with van der Waals surface area (Å²) in [7, 11) is 0. The van der Waals surface area contributed by atoms with Gasteiger partial charge in [-0.05, 0) is 79.9 Å². The molecule has 0 spiro atoms. The molecule has 0 unspecified atom stereocenters. The van der Waals surface area contributed by atoms with Gasteiger partial charge >= 0.3 is 5.97 Å². The number of aromatic nitrogens is 1. The SMILES string of the molecule is O=C(O)Cc1cccc(OCCN2CCC(c3cn(CC4CC4)c4ccccc34)CC2)c1. The van der Waals surface area contributed by atoms with Crippen LogP contribution in [0.5, 0.6) is 5.75 Å². The highest BCUT2D eigenvalue weighted by Gasteiger charge is 2.26. The number of carboxylic acids is 1. The monoisotopic (exact) mass is 432 g/mol. The number of piperidine rings is 1. The fraction of sp³-hybridized carbons (Fsp3) is 0.444. The molecule has 2 aliphatic rings. The number of fused-ring (bicyclic) bond motifs is 1. The zero-order valence-electron chi connectivity index (χ0n) is 18.6. The molecule has 1 saturated carbocycles. The van der Waals surface area contributed by atoms with Crippen LogP contribution in [0.1, 0.15) is 42.7 Å². The maximum absolute atomic E-state index is 10.9. The lowest BCUT2D eigenvalue weighted by molar-refractivity contribution is -0.136. The molecule has 0 radical (unpaired) electrons. The Labute approximate surface area is 189 Å². The lowest BCUT2D eigenvalue weighted by atomic mass is 9.89. The predicted octanol–water partition coefficient (Wildman–Crippen LogP) is 4.94. The minimum absolute atomic E-state index is 0.0295. The van der Waals surface area contributed by atoms with Crippen LogP contribution in [0.4, 0.5) is 0 Å². The molecule has 2 aromatic carbocycles. The first-order valence-corrected chi connectivity index (χ1v) is 11.9. The summed E-state index contributed by atoms with van der Waals surface area (Å²) in [5.74, 6) is 1.44. The van der Waals surface area contributed by atoms with Crippen molar-refractivity contribution in [1.29, 1.82) is 0 Å². The lowest BCUT2D eigenvalue weighted by Crippen LogP contribution is -2.35. The molecule has 5 rings (SSSR count). The zero-order valence-corrected chi connectivity index (χ0v) is 18.6. The van der Waals surface area contributed by atoms with Crippen molar-refractivity contribution in [3.05, 3.63) is 65.9 Å². The largest absolute Gasteiger partial charge is 0.492 e. The summed E-state index contributed by atoms with van der Waals surface area (Å²) < 4.78 is 8.41. The van der Waals surface area contributed by atoms with Gasteiger partial charge in [-0.3, -0.25) is 9.69 Å². The zero-order chi connectivity index (χ0) is 21.9. The van der Waals surface area contributed by atoms with Crippen molar-refractivity contribution in [2.45, 2.75) is 44.6 Å². The maximum atomic E-state index is 10.9.